The van der Waals surface area contributed by atoms with Crippen LogP contribution in [0.3, 0.4) is 0 Å². The second-order valence-electron chi connectivity index (χ2n) is 5.69. The Hall–Kier alpha value is -3.19. The molecule has 1 N–H and O–H groups in total. The van der Waals surface area contributed by atoms with Crippen LogP contribution in [0.5, 0.6) is 11.6 Å². The van der Waals surface area contributed by atoms with Crippen molar-refractivity contribution in [1.29, 1.82) is 0 Å². The highest BCUT2D eigenvalue weighted by Gasteiger charge is 2.15. The van der Waals surface area contributed by atoms with Gasteiger partial charge in [0, 0.05) is 11.6 Å². The number of nitrogens with one attached hydrogen (secondary N) is 1. The molecule has 144 valence electrons. The number of methoxy groups -OCH3 is 1. The monoisotopic (exact) mass is 401 g/mol. The van der Waals surface area contributed by atoms with E-state index in [0.717, 1.165) is 11.3 Å². The fraction of sp³-hybridized carbons (Fsp3) is 0.150. The zero-order chi connectivity index (χ0) is 19.9. The van der Waals surface area contributed by atoms with Gasteiger partial charge >= 0.3 is 0 Å². The first-order valence-corrected chi connectivity index (χ1v) is 8.79. The van der Waals surface area contributed by atoms with Crippen molar-refractivity contribution < 1.29 is 18.7 Å². The molecule has 0 saturated heterocycles. The van der Waals surface area contributed by atoms with Crippen LogP contribution in [0.15, 0.2) is 54.6 Å². The van der Waals surface area contributed by atoms with Crippen molar-refractivity contribution in [2.75, 3.05) is 20.3 Å². The van der Waals surface area contributed by atoms with Gasteiger partial charge in [-0.25, -0.2) is 4.39 Å². The molecule has 2 aromatic carbocycles. The molecule has 0 bridgehead atoms. The van der Waals surface area contributed by atoms with Gasteiger partial charge < -0.3 is 14.8 Å². The molecule has 1 heterocycles. The van der Waals surface area contributed by atoms with Crippen molar-refractivity contribution in [3.05, 3.63) is 71.0 Å². The minimum absolute atomic E-state index is 0.0541. The van der Waals surface area contributed by atoms with Crippen LogP contribution in [0.1, 0.15) is 10.4 Å². The molecule has 0 radical (unpaired) electrons. The van der Waals surface area contributed by atoms with Gasteiger partial charge in [-0.2, -0.15) is 0 Å². The van der Waals surface area contributed by atoms with Gasteiger partial charge in [0.15, 0.2) is 0 Å². The smallest absolute Gasteiger partial charge is 0.255 e. The maximum atomic E-state index is 13.7. The zero-order valence-corrected chi connectivity index (χ0v) is 15.7. The molecule has 1 aromatic heterocycles. The summed E-state index contributed by atoms with van der Waals surface area (Å²) >= 11 is 5.86. The van der Waals surface area contributed by atoms with Gasteiger partial charge in [-0.05, 0) is 42.5 Å². The van der Waals surface area contributed by atoms with Crippen molar-refractivity contribution in [2.24, 2.45) is 0 Å². The van der Waals surface area contributed by atoms with Crippen LogP contribution in [0.25, 0.3) is 11.3 Å². The van der Waals surface area contributed by atoms with Crippen LogP contribution >= 0.6 is 11.6 Å². The maximum Gasteiger partial charge on any atom is 0.255 e. The normalized spacial score (nSPS) is 10.4. The quantitative estimate of drug-likeness (QED) is 0.610. The molecule has 6 nitrogen and oxygen atoms in total. The Morgan fingerprint density at radius 2 is 1.89 bits per heavy atom. The van der Waals surface area contributed by atoms with Gasteiger partial charge in [-0.15, -0.1) is 10.2 Å². The predicted molar refractivity (Wildman–Crippen MR) is 103 cm³/mol. The molecule has 8 heteroatoms. The van der Waals surface area contributed by atoms with Gasteiger partial charge in [-0.3, -0.25) is 4.79 Å². The van der Waals surface area contributed by atoms with Crippen molar-refractivity contribution >= 4 is 17.5 Å². The molecular weight excluding hydrogens is 385 g/mol. The van der Waals surface area contributed by atoms with E-state index in [2.05, 4.69) is 15.5 Å². The third kappa shape index (κ3) is 4.75. The Bertz CT molecular complexity index is 930. The largest absolute Gasteiger partial charge is 0.497 e. The summed E-state index contributed by atoms with van der Waals surface area (Å²) in [7, 11) is 1.61. The first kappa shape index (κ1) is 19.6. The first-order valence-electron chi connectivity index (χ1n) is 8.41. The predicted octanol–water partition coefficient (Wildman–Crippen LogP) is 3.75. The van der Waals surface area contributed by atoms with Crippen LogP contribution in [-0.2, 0) is 0 Å². The number of hydrogen-bond acceptors (Lipinski definition) is 5. The lowest BCUT2D eigenvalue weighted by Gasteiger charge is -2.09. The van der Waals surface area contributed by atoms with Crippen LogP contribution in [0, 0.1) is 5.82 Å². The molecule has 0 aliphatic heterocycles. The Morgan fingerprint density at radius 3 is 2.54 bits per heavy atom. The molecular formula is C20H17ClFN3O3. The van der Waals surface area contributed by atoms with E-state index in [1.807, 2.05) is 24.3 Å². The summed E-state index contributed by atoms with van der Waals surface area (Å²) in [5, 5.41) is 10.7. The number of carbonyl (C=O) groups excluding carboxylic acids is 1. The van der Waals surface area contributed by atoms with Gasteiger partial charge in [-0.1, -0.05) is 17.7 Å². The topological polar surface area (TPSA) is 73.3 Å². The highest BCUT2D eigenvalue weighted by atomic mass is 35.5. The number of hydrogen-bond donors (Lipinski definition) is 1. The lowest BCUT2D eigenvalue weighted by Crippen LogP contribution is -2.29. The highest BCUT2D eigenvalue weighted by molar-refractivity contribution is 6.33. The lowest BCUT2D eigenvalue weighted by atomic mass is 10.1. The molecule has 0 spiro atoms. The summed E-state index contributed by atoms with van der Waals surface area (Å²) in [5.41, 5.74) is 1.40. The Morgan fingerprint density at radius 1 is 1.11 bits per heavy atom. The van der Waals surface area contributed by atoms with Crippen LogP contribution in [0.2, 0.25) is 5.02 Å². The number of ether oxygens (including phenoxy) is 2. The highest BCUT2D eigenvalue weighted by Crippen LogP contribution is 2.21. The number of nitrogens with zero attached hydrogens (tertiary/aromatic N) is 2. The second kappa shape index (κ2) is 9.14. The van der Waals surface area contributed by atoms with Crippen molar-refractivity contribution in [3.8, 4) is 22.9 Å². The summed E-state index contributed by atoms with van der Waals surface area (Å²) in [4.78, 5) is 12.0. The minimum atomic E-state index is -0.675. The average molecular weight is 402 g/mol. The summed E-state index contributed by atoms with van der Waals surface area (Å²) in [6, 6.07) is 15.0. The molecule has 3 rings (SSSR count). The van der Waals surface area contributed by atoms with Crippen LogP contribution < -0.4 is 14.8 Å². The fourth-order valence-corrected chi connectivity index (χ4v) is 2.68. The lowest BCUT2D eigenvalue weighted by molar-refractivity contribution is 0.0942. The van der Waals surface area contributed by atoms with Gasteiger partial charge in [0.2, 0.25) is 5.88 Å². The third-order valence-electron chi connectivity index (χ3n) is 3.85. The Kier molecular flexibility index (Phi) is 6.39. The van der Waals surface area contributed by atoms with E-state index in [4.69, 9.17) is 21.1 Å². The summed E-state index contributed by atoms with van der Waals surface area (Å²) < 4.78 is 24.3. The molecule has 0 atom stereocenters. The average Bonchev–Trinajstić information content (AvgIpc) is 2.72. The second-order valence-corrected chi connectivity index (χ2v) is 6.09. The zero-order valence-electron chi connectivity index (χ0n) is 15.0. The number of carbonyl (C=O) groups is 1. The van der Waals surface area contributed by atoms with E-state index in [1.54, 1.807) is 19.2 Å². The van der Waals surface area contributed by atoms with E-state index in [0.29, 0.717) is 11.6 Å². The first-order chi connectivity index (χ1) is 13.6. The number of rotatable bonds is 7. The maximum absolute atomic E-state index is 13.7. The van der Waals surface area contributed by atoms with E-state index in [9.17, 15) is 9.18 Å². The molecule has 28 heavy (non-hydrogen) atoms. The summed E-state index contributed by atoms with van der Waals surface area (Å²) in [6.07, 6.45) is 0. The Balaban J connectivity index is 1.50. The van der Waals surface area contributed by atoms with Crippen LogP contribution in [0.4, 0.5) is 4.39 Å². The van der Waals surface area contributed by atoms with E-state index < -0.39 is 11.7 Å². The third-order valence-corrected chi connectivity index (χ3v) is 4.17. The number of benzene rings is 2. The minimum Gasteiger partial charge on any atom is -0.497 e. The standard InChI is InChI=1S/C20H17ClFN3O3/c1-27-14-7-5-13(6-8-14)17-9-10-18(25-24-17)28-12-11-23-20(26)19-15(21)3-2-4-16(19)22/h2-10H,11-12H2,1H3,(H,23,26). The molecule has 3 aromatic rings. The van der Waals surface area contributed by atoms with Crippen molar-refractivity contribution in [3.63, 3.8) is 0 Å². The summed E-state index contributed by atoms with van der Waals surface area (Å²) in [6.45, 7) is 0.305. The SMILES string of the molecule is COc1ccc(-c2ccc(OCCNC(=O)c3c(F)cccc3Cl)nn2)cc1. The van der Waals surface area contributed by atoms with Gasteiger partial charge in [0.1, 0.15) is 18.2 Å². The molecule has 0 saturated carbocycles. The van der Waals surface area contributed by atoms with Gasteiger partial charge in [0.05, 0.1) is 29.9 Å². The molecule has 0 aliphatic rings. The Labute approximate surface area is 166 Å². The van der Waals surface area contributed by atoms with Crippen molar-refractivity contribution in [1.82, 2.24) is 15.5 Å². The molecule has 1 amide bonds. The molecule has 0 aliphatic carbocycles. The summed E-state index contributed by atoms with van der Waals surface area (Å²) in [5.74, 6) is -0.204. The van der Waals surface area contributed by atoms with Gasteiger partial charge in [0.25, 0.3) is 5.91 Å². The van der Waals surface area contributed by atoms with Crippen LogP contribution in [-0.4, -0.2) is 36.4 Å². The van der Waals surface area contributed by atoms with E-state index in [1.165, 1.54) is 18.2 Å². The molecule has 0 fully saturated rings. The number of aromatic nitrogens is 2. The number of amides is 1. The molecule has 0 unspecified atom stereocenters. The fourth-order valence-electron chi connectivity index (χ4n) is 2.44. The number of halogens is 2. The van der Waals surface area contributed by atoms with E-state index in [-0.39, 0.29) is 23.7 Å². The van der Waals surface area contributed by atoms with E-state index >= 15 is 0 Å². The van der Waals surface area contributed by atoms with Crippen molar-refractivity contribution in [2.45, 2.75) is 0 Å².